The number of likely N-dealkylation sites (N-methyl/N-ethyl adjacent to an activating group) is 1. The lowest BCUT2D eigenvalue weighted by Crippen LogP contribution is -2.34. The number of rotatable bonds is 3. The largest absolute Gasteiger partial charge is 0.314 e. The van der Waals surface area contributed by atoms with E-state index in [1.54, 1.807) is 12.1 Å². The summed E-state index contributed by atoms with van der Waals surface area (Å²) in [7, 11) is 0. The number of halogens is 2. The van der Waals surface area contributed by atoms with E-state index >= 15 is 0 Å². The van der Waals surface area contributed by atoms with Gasteiger partial charge in [0.15, 0.2) is 11.6 Å². The summed E-state index contributed by atoms with van der Waals surface area (Å²) in [4.78, 5) is 0. The highest BCUT2D eigenvalue weighted by atomic mass is 19.2. The number of nitrogens with one attached hydrogen (secondary N) is 1. The minimum atomic E-state index is -0.730. The molecule has 100 valence electrons. The smallest absolute Gasteiger partial charge is 0.162 e. The van der Waals surface area contributed by atoms with Gasteiger partial charge in [0.05, 0.1) is 0 Å². The van der Waals surface area contributed by atoms with Crippen LogP contribution in [0.15, 0.2) is 18.2 Å². The number of hydrogen-bond donors (Lipinski definition) is 1. The molecule has 0 heterocycles. The summed E-state index contributed by atoms with van der Waals surface area (Å²) >= 11 is 0. The van der Waals surface area contributed by atoms with Gasteiger partial charge in [0.1, 0.15) is 0 Å². The molecule has 2 unspecified atom stereocenters. The van der Waals surface area contributed by atoms with Gasteiger partial charge in [-0.3, -0.25) is 0 Å². The lowest BCUT2D eigenvalue weighted by Gasteiger charge is -2.26. The second kappa shape index (κ2) is 6.28. The Morgan fingerprint density at radius 3 is 2.72 bits per heavy atom. The van der Waals surface area contributed by atoms with Gasteiger partial charge >= 0.3 is 0 Å². The predicted octanol–water partition coefficient (Wildman–Crippen LogP) is 3.99. The molecular weight excluding hydrogens is 232 g/mol. The molecule has 0 spiro atoms. The normalized spacial score (nSPS) is 24.8. The van der Waals surface area contributed by atoms with Crippen molar-refractivity contribution in [2.45, 2.75) is 51.0 Å². The Bertz CT molecular complexity index is 392. The molecule has 2 rings (SSSR count). The predicted molar refractivity (Wildman–Crippen MR) is 69.6 cm³/mol. The quantitative estimate of drug-likeness (QED) is 0.803. The molecule has 1 aliphatic rings. The molecule has 1 saturated carbocycles. The van der Waals surface area contributed by atoms with Crippen LogP contribution in [-0.2, 0) is 0 Å². The Morgan fingerprint density at radius 2 is 1.94 bits per heavy atom. The van der Waals surface area contributed by atoms with Crippen molar-refractivity contribution in [3.63, 3.8) is 0 Å². The first kappa shape index (κ1) is 13.5. The Balaban J connectivity index is 2.28. The minimum absolute atomic E-state index is 0.100. The molecule has 2 atom stereocenters. The summed E-state index contributed by atoms with van der Waals surface area (Å²) in [6.07, 6.45) is 5.45. The third-order valence-electron chi connectivity index (χ3n) is 3.86. The van der Waals surface area contributed by atoms with E-state index in [0.29, 0.717) is 5.56 Å². The fraction of sp³-hybridized carbons (Fsp3) is 0.600. The van der Waals surface area contributed by atoms with Crippen LogP contribution in [0.2, 0.25) is 0 Å². The highest BCUT2D eigenvalue weighted by Gasteiger charge is 2.27. The van der Waals surface area contributed by atoms with Gasteiger partial charge in [0, 0.05) is 12.0 Å². The third-order valence-corrected chi connectivity index (χ3v) is 3.86. The summed E-state index contributed by atoms with van der Waals surface area (Å²) in [5.41, 5.74) is 0.544. The Kier molecular flexibility index (Phi) is 4.70. The highest BCUT2D eigenvalue weighted by molar-refractivity contribution is 5.25. The molecular formula is C15H21F2N. The van der Waals surface area contributed by atoms with E-state index in [4.69, 9.17) is 0 Å². The molecule has 0 aromatic heterocycles. The summed E-state index contributed by atoms with van der Waals surface area (Å²) in [6, 6.07) is 4.81. The maximum Gasteiger partial charge on any atom is 0.162 e. The molecule has 1 aromatic rings. The van der Waals surface area contributed by atoms with Crippen LogP contribution in [0.25, 0.3) is 0 Å². The van der Waals surface area contributed by atoms with Crippen molar-refractivity contribution in [1.29, 1.82) is 0 Å². The lowest BCUT2D eigenvalue weighted by molar-refractivity contribution is 0.399. The highest BCUT2D eigenvalue weighted by Crippen LogP contribution is 2.33. The van der Waals surface area contributed by atoms with Gasteiger partial charge in [-0.2, -0.15) is 0 Å². The van der Waals surface area contributed by atoms with E-state index in [0.717, 1.165) is 25.8 Å². The molecule has 0 aliphatic heterocycles. The van der Waals surface area contributed by atoms with E-state index in [9.17, 15) is 8.78 Å². The summed E-state index contributed by atoms with van der Waals surface area (Å²) < 4.78 is 27.3. The standard InChI is InChI=1S/C15H21F2N/c1-2-18-14-10-5-3-4-7-11(14)12-8-6-9-13(16)15(12)17/h6,8-9,11,14,18H,2-5,7,10H2,1H3. The van der Waals surface area contributed by atoms with Gasteiger partial charge in [-0.15, -0.1) is 0 Å². The fourth-order valence-electron chi connectivity index (χ4n) is 2.99. The molecule has 0 radical (unpaired) electrons. The van der Waals surface area contributed by atoms with Crippen LogP contribution < -0.4 is 5.32 Å². The van der Waals surface area contributed by atoms with Crippen molar-refractivity contribution in [2.24, 2.45) is 0 Å². The zero-order valence-electron chi connectivity index (χ0n) is 10.9. The van der Waals surface area contributed by atoms with Crippen molar-refractivity contribution in [2.75, 3.05) is 6.54 Å². The molecule has 0 bridgehead atoms. The van der Waals surface area contributed by atoms with Crippen molar-refractivity contribution in [3.05, 3.63) is 35.4 Å². The van der Waals surface area contributed by atoms with Crippen LogP contribution in [0.1, 0.15) is 50.5 Å². The zero-order valence-corrected chi connectivity index (χ0v) is 10.9. The van der Waals surface area contributed by atoms with Gasteiger partial charge in [-0.05, 0) is 31.0 Å². The monoisotopic (exact) mass is 253 g/mol. The second-order valence-electron chi connectivity index (χ2n) is 5.05. The Hall–Kier alpha value is -0.960. The van der Waals surface area contributed by atoms with E-state index in [-0.39, 0.29) is 12.0 Å². The fourth-order valence-corrected chi connectivity index (χ4v) is 2.99. The van der Waals surface area contributed by atoms with E-state index in [1.165, 1.54) is 18.9 Å². The van der Waals surface area contributed by atoms with Gasteiger partial charge in [-0.1, -0.05) is 38.3 Å². The van der Waals surface area contributed by atoms with Crippen molar-refractivity contribution >= 4 is 0 Å². The van der Waals surface area contributed by atoms with Crippen molar-refractivity contribution in [3.8, 4) is 0 Å². The van der Waals surface area contributed by atoms with Crippen molar-refractivity contribution < 1.29 is 8.78 Å². The van der Waals surface area contributed by atoms with Crippen LogP contribution in [0, 0.1) is 11.6 Å². The van der Waals surface area contributed by atoms with Crippen LogP contribution >= 0.6 is 0 Å². The summed E-state index contributed by atoms with van der Waals surface area (Å²) in [5.74, 6) is -1.29. The molecule has 0 saturated heterocycles. The molecule has 1 aromatic carbocycles. The topological polar surface area (TPSA) is 12.0 Å². The molecule has 3 heteroatoms. The molecule has 1 nitrogen and oxygen atoms in total. The van der Waals surface area contributed by atoms with Crippen LogP contribution in [-0.4, -0.2) is 12.6 Å². The SMILES string of the molecule is CCNC1CCCCCC1c1cccc(F)c1F. The zero-order chi connectivity index (χ0) is 13.0. The van der Waals surface area contributed by atoms with Gasteiger partial charge < -0.3 is 5.32 Å². The van der Waals surface area contributed by atoms with Crippen LogP contribution in [0.5, 0.6) is 0 Å². The average molecular weight is 253 g/mol. The first-order valence-corrected chi connectivity index (χ1v) is 6.91. The second-order valence-corrected chi connectivity index (χ2v) is 5.05. The average Bonchev–Trinajstić information content (AvgIpc) is 2.59. The summed E-state index contributed by atoms with van der Waals surface area (Å²) in [6.45, 7) is 2.93. The lowest BCUT2D eigenvalue weighted by atomic mass is 9.87. The van der Waals surface area contributed by atoms with Crippen LogP contribution in [0.4, 0.5) is 8.78 Å². The number of hydrogen-bond acceptors (Lipinski definition) is 1. The van der Waals surface area contributed by atoms with Gasteiger partial charge in [0.2, 0.25) is 0 Å². The van der Waals surface area contributed by atoms with E-state index in [2.05, 4.69) is 12.2 Å². The maximum atomic E-state index is 13.9. The first-order chi connectivity index (χ1) is 8.74. The molecule has 1 fully saturated rings. The van der Waals surface area contributed by atoms with E-state index in [1.807, 2.05) is 0 Å². The molecule has 0 amide bonds. The number of benzene rings is 1. The van der Waals surface area contributed by atoms with Crippen molar-refractivity contribution in [1.82, 2.24) is 5.32 Å². The van der Waals surface area contributed by atoms with Gasteiger partial charge in [0.25, 0.3) is 0 Å². The third kappa shape index (κ3) is 2.89. The molecule has 18 heavy (non-hydrogen) atoms. The van der Waals surface area contributed by atoms with Gasteiger partial charge in [-0.25, -0.2) is 8.78 Å². The molecule has 1 aliphatic carbocycles. The Labute approximate surface area is 108 Å². The molecule has 1 N–H and O–H groups in total. The van der Waals surface area contributed by atoms with Crippen LogP contribution in [0.3, 0.4) is 0 Å². The first-order valence-electron chi connectivity index (χ1n) is 6.91. The van der Waals surface area contributed by atoms with E-state index < -0.39 is 11.6 Å². The maximum absolute atomic E-state index is 13.9. The Morgan fingerprint density at radius 1 is 1.17 bits per heavy atom. The minimum Gasteiger partial charge on any atom is -0.314 e. The summed E-state index contributed by atoms with van der Waals surface area (Å²) in [5, 5.41) is 3.43.